The Hall–Kier alpha value is -8.52. The topological polar surface area (TPSA) is 13.1 Å². The number of furan rings is 1. The van der Waals surface area contributed by atoms with Gasteiger partial charge in [-0.15, -0.1) is 0 Å². The van der Waals surface area contributed by atoms with Crippen LogP contribution in [-0.2, 0) is 0 Å². The van der Waals surface area contributed by atoms with Crippen LogP contribution in [0.2, 0.25) is 0 Å². The van der Waals surface area contributed by atoms with Crippen LogP contribution in [0.25, 0.3) is 142 Å². The summed E-state index contributed by atoms with van der Waals surface area (Å²) < 4.78 is 6.79. The van der Waals surface area contributed by atoms with Gasteiger partial charge in [0.25, 0.3) is 0 Å². The fourth-order valence-corrected chi connectivity index (χ4v) is 11.2. The van der Waals surface area contributed by atoms with Crippen LogP contribution in [-0.4, -0.2) is 0 Å². The van der Waals surface area contributed by atoms with E-state index in [2.05, 4.69) is 231 Å². The lowest BCUT2D eigenvalue weighted by Crippen LogP contribution is -1.91. The summed E-state index contributed by atoms with van der Waals surface area (Å²) in [7, 11) is 0. The van der Waals surface area contributed by atoms with E-state index in [-0.39, 0.29) is 0 Å². The maximum absolute atomic E-state index is 6.79. The number of hydrogen-bond acceptors (Lipinski definition) is 1. The Kier molecular flexibility index (Phi) is 7.97. The average molecular weight is 837 g/mol. The van der Waals surface area contributed by atoms with Gasteiger partial charge in [-0.2, -0.15) is 0 Å². The zero-order valence-corrected chi connectivity index (χ0v) is 36.3. The molecule has 13 aromatic carbocycles. The van der Waals surface area contributed by atoms with Crippen LogP contribution in [0.1, 0.15) is 5.56 Å². The van der Waals surface area contributed by atoms with Gasteiger partial charge in [-0.3, -0.25) is 0 Å². The molecule has 0 saturated carbocycles. The van der Waals surface area contributed by atoms with Crippen molar-refractivity contribution in [2.75, 3.05) is 0 Å². The fourth-order valence-electron chi connectivity index (χ4n) is 11.2. The van der Waals surface area contributed by atoms with E-state index < -0.39 is 0 Å². The van der Waals surface area contributed by atoms with E-state index in [1.807, 2.05) is 0 Å². The molecule has 14 aromatic rings. The highest BCUT2D eigenvalue weighted by Crippen LogP contribution is 2.46. The summed E-state index contributed by atoms with van der Waals surface area (Å²) >= 11 is 0. The molecule has 1 nitrogen and oxygen atoms in total. The molecule has 0 amide bonds. The van der Waals surface area contributed by atoms with Crippen LogP contribution < -0.4 is 0 Å². The minimum atomic E-state index is 0.907. The van der Waals surface area contributed by atoms with Crippen LogP contribution >= 0.6 is 0 Å². The standard InChI is InChI=1S/C65H40O/c1-39-34-44(24-26-49(39)45-25-33-61-60(38-45)59-32-31-58-54-18-9-8-16-52(54)53-17-10-11-19-55(53)64(58)65(59)66-61)50-27-20-42-23-30-57-51(28-21-43-22-29-56(50)62(42)63(43)57)48-36-46(40-12-4-2-5-13-40)35-47(37-48)41-14-6-3-7-15-41/h2-38H,1H3. The highest BCUT2D eigenvalue weighted by Gasteiger charge is 2.19. The molecular weight excluding hydrogens is 797 g/mol. The van der Waals surface area contributed by atoms with E-state index in [0.717, 1.165) is 21.9 Å². The fraction of sp³-hybridized carbons (Fsp3) is 0.0154. The molecule has 0 radical (unpaired) electrons. The summed E-state index contributed by atoms with van der Waals surface area (Å²) in [5.41, 5.74) is 15.3. The summed E-state index contributed by atoms with van der Waals surface area (Å²) in [6, 6.07) is 82.8. The summed E-state index contributed by atoms with van der Waals surface area (Å²) in [6.07, 6.45) is 0. The predicted octanol–water partition coefficient (Wildman–Crippen LogP) is 18.6. The molecule has 0 atom stereocenters. The number of hydrogen-bond donors (Lipinski definition) is 0. The number of fused-ring (bicyclic) bond motifs is 10. The molecular formula is C65H40O. The Morgan fingerprint density at radius 2 is 0.712 bits per heavy atom. The predicted molar refractivity (Wildman–Crippen MR) is 282 cm³/mol. The molecule has 66 heavy (non-hydrogen) atoms. The van der Waals surface area contributed by atoms with Gasteiger partial charge < -0.3 is 4.42 Å². The number of rotatable bonds is 5. The monoisotopic (exact) mass is 836 g/mol. The lowest BCUT2D eigenvalue weighted by Gasteiger charge is -2.18. The Balaban J connectivity index is 0.887. The Bertz CT molecular complexity index is 4180. The smallest absolute Gasteiger partial charge is 0.143 e. The molecule has 1 heteroatoms. The van der Waals surface area contributed by atoms with Crippen LogP contribution in [0.3, 0.4) is 0 Å². The minimum absolute atomic E-state index is 0.907. The molecule has 1 heterocycles. The zero-order chi connectivity index (χ0) is 43.5. The maximum Gasteiger partial charge on any atom is 0.143 e. The third-order valence-electron chi connectivity index (χ3n) is 14.3. The zero-order valence-electron chi connectivity index (χ0n) is 36.3. The normalized spacial score (nSPS) is 12.0. The molecule has 0 bridgehead atoms. The first-order valence-corrected chi connectivity index (χ1v) is 22.9. The highest BCUT2D eigenvalue weighted by molar-refractivity contribution is 6.32. The van der Waals surface area contributed by atoms with Gasteiger partial charge in [0.15, 0.2) is 0 Å². The van der Waals surface area contributed by atoms with Gasteiger partial charge in [0, 0.05) is 16.2 Å². The summed E-state index contributed by atoms with van der Waals surface area (Å²) in [6.45, 7) is 2.25. The van der Waals surface area contributed by atoms with Crippen molar-refractivity contribution >= 4 is 86.6 Å². The summed E-state index contributed by atoms with van der Waals surface area (Å²) in [5.74, 6) is 0. The molecule has 0 aliphatic heterocycles. The molecule has 0 unspecified atom stereocenters. The van der Waals surface area contributed by atoms with E-state index in [1.165, 1.54) is 126 Å². The lowest BCUT2D eigenvalue weighted by atomic mass is 9.85. The van der Waals surface area contributed by atoms with E-state index in [9.17, 15) is 0 Å². The molecule has 0 aliphatic rings. The van der Waals surface area contributed by atoms with Crippen molar-refractivity contribution in [1.29, 1.82) is 0 Å². The second kappa shape index (κ2) is 14.2. The third-order valence-corrected chi connectivity index (χ3v) is 14.3. The van der Waals surface area contributed by atoms with Crippen molar-refractivity contribution in [3.8, 4) is 55.6 Å². The van der Waals surface area contributed by atoms with E-state index in [4.69, 9.17) is 4.42 Å². The summed E-state index contributed by atoms with van der Waals surface area (Å²) in [5, 5.41) is 17.4. The van der Waals surface area contributed by atoms with Gasteiger partial charge >= 0.3 is 0 Å². The van der Waals surface area contributed by atoms with Gasteiger partial charge in [0.2, 0.25) is 0 Å². The van der Waals surface area contributed by atoms with Gasteiger partial charge in [-0.25, -0.2) is 0 Å². The van der Waals surface area contributed by atoms with Crippen molar-refractivity contribution in [1.82, 2.24) is 0 Å². The molecule has 306 valence electrons. The second-order valence-corrected chi connectivity index (χ2v) is 18.0. The molecule has 0 aliphatic carbocycles. The Labute approximate surface area is 381 Å². The first-order chi connectivity index (χ1) is 32.6. The first-order valence-electron chi connectivity index (χ1n) is 22.9. The minimum Gasteiger partial charge on any atom is -0.455 e. The van der Waals surface area contributed by atoms with E-state index in [0.29, 0.717) is 0 Å². The molecule has 14 rings (SSSR count). The first kappa shape index (κ1) is 36.9. The summed E-state index contributed by atoms with van der Waals surface area (Å²) in [4.78, 5) is 0. The van der Waals surface area contributed by atoms with Crippen LogP contribution in [0.15, 0.2) is 229 Å². The SMILES string of the molecule is Cc1cc(-c2ccc3ccc4c(-c5cc(-c6ccccc6)cc(-c6ccccc6)c5)ccc5ccc2c3c54)ccc1-c1ccc2oc3c(ccc4c5ccccc5c5ccccc5c43)c2c1. The van der Waals surface area contributed by atoms with Crippen molar-refractivity contribution in [3.05, 3.63) is 230 Å². The van der Waals surface area contributed by atoms with E-state index >= 15 is 0 Å². The van der Waals surface area contributed by atoms with Gasteiger partial charge in [-0.05, 0) is 164 Å². The quantitative estimate of drug-likeness (QED) is 0.157. The molecule has 0 saturated heterocycles. The lowest BCUT2D eigenvalue weighted by molar-refractivity contribution is 0.673. The number of aryl methyl sites for hydroxylation is 1. The van der Waals surface area contributed by atoms with Crippen molar-refractivity contribution in [2.24, 2.45) is 0 Å². The number of benzene rings is 13. The highest BCUT2D eigenvalue weighted by atomic mass is 16.3. The maximum atomic E-state index is 6.79. The van der Waals surface area contributed by atoms with Gasteiger partial charge in [-0.1, -0.05) is 188 Å². The van der Waals surface area contributed by atoms with E-state index in [1.54, 1.807) is 0 Å². The second-order valence-electron chi connectivity index (χ2n) is 18.0. The largest absolute Gasteiger partial charge is 0.455 e. The Morgan fingerprint density at radius 3 is 1.33 bits per heavy atom. The average Bonchev–Trinajstić information content (AvgIpc) is 3.76. The molecule has 1 aromatic heterocycles. The third kappa shape index (κ3) is 5.54. The van der Waals surface area contributed by atoms with Gasteiger partial charge in [0.05, 0.1) is 0 Å². The van der Waals surface area contributed by atoms with Crippen molar-refractivity contribution < 1.29 is 4.42 Å². The van der Waals surface area contributed by atoms with Crippen molar-refractivity contribution in [2.45, 2.75) is 6.92 Å². The van der Waals surface area contributed by atoms with Crippen LogP contribution in [0.5, 0.6) is 0 Å². The Morgan fingerprint density at radius 1 is 0.258 bits per heavy atom. The molecule has 0 N–H and O–H groups in total. The van der Waals surface area contributed by atoms with Crippen LogP contribution in [0, 0.1) is 6.92 Å². The van der Waals surface area contributed by atoms with Crippen LogP contribution in [0.4, 0.5) is 0 Å². The van der Waals surface area contributed by atoms with Gasteiger partial charge in [0.1, 0.15) is 11.2 Å². The molecule has 0 spiro atoms. The van der Waals surface area contributed by atoms with Crippen molar-refractivity contribution in [3.63, 3.8) is 0 Å². The molecule has 0 fully saturated rings.